The molecule has 4 heterocycles. The minimum absolute atomic E-state index is 0.340. The molecule has 0 bridgehead atoms. The molecular formula is C30H33N5O2. The van der Waals surface area contributed by atoms with Gasteiger partial charge in [-0.15, -0.1) is 0 Å². The molecule has 7 heteroatoms. The summed E-state index contributed by atoms with van der Waals surface area (Å²) in [6.45, 7) is 4.31. The van der Waals surface area contributed by atoms with Crippen LogP contribution >= 0.6 is 0 Å². The van der Waals surface area contributed by atoms with Gasteiger partial charge in [-0.1, -0.05) is 24.6 Å². The smallest absolute Gasteiger partial charge is 0.259 e. The van der Waals surface area contributed by atoms with Crippen molar-refractivity contribution in [3.8, 4) is 0 Å². The van der Waals surface area contributed by atoms with Crippen molar-refractivity contribution in [3.05, 3.63) is 66.0 Å². The topological polar surface area (TPSA) is 73.4 Å². The van der Waals surface area contributed by atoms with Crippen LogP contribution in [0.2, 0.25) is 0 Å². The second-order valence-corrected chi connectivity index (χ2v) is 10.4. The number of rotatable bonds is 7. The first-order chi connectivity index (χ1) is 18.0. The largest absolute Gasteiger partial charge is 0.378 e. The van der Waals surface area contributed by atoms with Gasteiger partial charge in [0.25, 0.3) is 11.8 Å². The van der Waals surface area contributed by atoms with Crippen molar-refractivity contribution in [2.45, 2.75) is 32.2 Å². The SMILES string of the molecule is CN(C)c1ccc2c(c1)c(C1=C(c3c[nH]c4ccccc34)C(=O)NC1=O)cn2CCCN1CCCCC1. The Morgan fingerprint density at radius 3 is 2.41 bits per heavy atom. The van der Waals surface area contributed by atoms with E-state index in [0.717, 1.165) is 58.1 Å². The van der Waals surface area contributed by atoms with Gasteiger partial charge >= 0.3 is 0 Å². The van der Waals surface area contributed by atoms with Gasteiger partial charge in [-0.25, -0.2) is 0 Å². The zero-order valence-electron chi connectivity index (χ0n) is 21.5. The van der Waals surface area contributed by atoms with Gasteiger partial charge < -0.3 is 19.4 Å². The van der Waals surface area contributed by atoms with Gasteiger partial charge in [0, 0.05) is 71.7 Å². The first-order valence-corrected chi connectivity index (χ1v) is 13.2. The van der Waals surface area contributed by atoms with Gasteiger partial charge in [-0.05, 0) is 63.2 Å². The van der Waals surface area contributed by atoms with Crippen LogP contribution < -0.4 is 10.2 Å². The van der Waals surface area contributed by atoms with E-state index >= 15 is 0 Å². The minimum atomic E-state index is -0.348. The highest BCUT2D eigenvalue weighted by Gasteiger charge is 2.35. The van der Waals surface area contributed by atoms with Crippen molar-refractivity contribution in [2.75, 3.05) is 38.6 Å². The van der Waals surface area contributed by atoms with Crippen molar-refractivity contribution in [3.63, 3.8) is 0 Å². The number of aromatic amines is 1. The summed E-state index contributed by atoms with van der Waals surface area (Å²) in [6.07, 6.45) is 8.86. The van der Waals surface area contributed by atoms with Crippen LogP contribution in [0.5, 0.6) is 0 Å². The molecular weight excluding hydrogens is 462 g/mol. The van der Waals surface area contributed by atoms with Gasteiger partial charge in [0.05, 0.1) is 11.1 Å². The third-order valence-corrected chi connectivity index (χ3v) is 7.76. The maximum atomic E-state index is 13.3. The quantitative estimate of drug-likeness (QED) is 0.367. The summed E-state index contributed by atoms with van der Waals surface area (Å²) in [4.78, 5) is 34.3. The summed E-state index contributed by atoms with van der Waals surface area (Å²) >= 11 is 0. The highest BCUT2D eigenvalue weighted by molar-refractivity contribution is 6.50. The summed E-state index contributed by atoms with van der Waals surface area (Å²) in [5, 5.41) is 4.49. The van der Waals surface area contributed by atoms with Crippen molar-refractivity contribution < 1.29 is 9.59 Å². The van der Waals surface area contributed by atoms with Gasteiger partial charge in [0.1, 0.15) is 0 Å². The molecule has 2 aliphatic rings. The molecule has 1 fully saturated rings. The number of piperidine rings is 1. The highest BCUT2D eigenvalue weighted by atomic mass is 16.2. The van der Waals surface area contributed by atoms with Gasteiger partial charge in [-0.3, -0.25) is 14.9 Å². The first kappa shape index (κ1) is 23.6. The van der Waals surface area contributed by atoms with Gasteiger partial charge in [0.15, 0.2) is 0 Å². The van der Waals surface area contributed by atoms with E-state index in [0.29, 0.717) is 11.1 Å². The van der Waals surface area contributed by atoms with Gasteiger partial charge in [0.2, 0.25) is 0 Å². The molecule has 2 aliphatic heterocycles. The van der Waals surface area contributed by atoms with Crippen LogP contribution in [0.15, 0.2) is 54.9 Å². The van der Waals surface area contributed by atoms with E-state index < -0.39 is 0 Å². The average molecular weight is 496 g/mol. The van der Waals surface area contributed by atoms with Crippen LogP contribution in [0.3, 0.4) is 0 Å². The number of nitrogens with one attached hydrogen (secondary N) is 2. The fraction of sp³-hybridized carbons (Fsp3) is 0.333. The molecule has 37 heavy (non-hydrogen) atoms. The third-order valence-electron chi connectivity index (χ3n) is 7.76. The number of imide groups is 1. The van der Waals surface area contributed by atoms with E-state index in [2.05, 4.69) is 49.1 Å². The molecule has 0 saturated carbocycles. The zero-order chi connectivity index (χ0) is 25.5. The van der Waals surface area contributed by atoms with Crippen molar-refractivity contribution in [1.82, 2.24) is 19.8 Å². The number of hydrogen-bond acceptors (Lipinski definition) is 4. The van der Waals surface area contributed by atoms with Crippen LogP contribution in [0, 0.1) is 0 Å². The van der Waals surface area contributed by atoms with E-state index in [4.69, 9.17) is 0 Å². The Morgan fingerprint density at radius 1 is 0.865 bits per heavy atom. The van der Waals surface area contributed by atoms with Crippen molar-refractivity contribution >= 4 is 50.5 Å². The molecule has 0 spiro atoms. The highest BCUT2D eigenvalue weighted by Crippen LogP contribution is 2.39. The molecule has 2 aromatic carbocycles. The summed E-state index contributed by atoms with van der Waals surface area (Å²) < 4.78 is 2.25. The lowest BCUT2D eigenvalue weighted by atomic mass is 9.95. The lowest BCUT2D eigenvalue weighted by Crippen LogP contribution is -2.31. The first-order valence-electron chi connectivity index (χ1n) is 13.2. The normalized spacial score (nSPS) is 16.8. The fourth-order valence-electron chi connectivity index (χ4n) is 5.84. The van der Waals surface area contributed by atoms with E-state index in [-0.39, 0.29) is 11.8 Å². The van der Waals surface area contributed by atoms with E-state index in [9.17, 15) is 9.59 Å². The zero-order valence-corrected chi connectivity index (χ0v) is 21.5. The summed E-state index contributed by atoms with van der Waals surface area (Å²) in [5.41, 5.74) is 5.52. The number of aryl methyl sites for hydroxylation is 1. The Kier molecular flexibility index (Phi) is 6.08. The number of fused-ring (bicyclic) bond motifs is 2. The summed E-state index contributed by atoms with van der Waals surface area (Å²) in [6, 6.07) is 14.2. The Bertz CT molecular complexity index is 1530. The Balaban J connectivity index is 1.47. The lowest BCUT2D eigenvalue weighted by molar-refractivity contribution is -0.122. The molecule has 6 rings (SSSR count). The fourth-order valence-corrected chi connectivity index (χ4v) is 5.84. The molecule has 0 unspecified atom stereocenters. The number of likely N-dealkylation sites (tertiary alicyclic amines) is 1. The molecule has 0 atom stereocenters. The number of para-hydroxylation sites is 1. The van der Waals surface area contributed by atoms with Crippen molar-refractivity contribution in [2.24, 2.45) is 0 Å². The minimum Gasteiger partial charge on any atom is -0.378 e. The second kappa shape index (κ2) is 9.56. The number of hydrogen-bond donors (Lipinski definition) is 2. The summed E-state index contributed by atoms with van der Waals surface area (Å²) in [5.74, 6) is -0.688. The monoisotopic (exact) mass is 495 g/mol. The second-order valence-electron chi connectivity index (χ2n) is 10.4. The molecule has 190 valence electrons. The third kappa shape index (κ3) is 4.23. The van der Waals surface area contributed by atoms with Crippen LogP contribution in [0.1, 0.15) is 36.8 Å². The van der Waals surface area contributed by atoms with E-state index in [1.807, 2.05) is 44.6 Å². The van der Waals surface area contributed by atoms with Crippen LogP contribution in [-0.4, -0.2) is 60.0 Å². The maximum absolute atomic E-state index is 13.3. The predicted molar refractivity (Wildman–Crippen MR) is 149 cm³/mol. The standard InChI is InChI=1S/C30H33N5O2/c1-33(2)20-11-12-26-22(17-20)24(19-35(26)16-8-15-34-13-6-3-7-14-34)28-27(29(36)32-30(28)37)23-18-31-25-10-5-4-9-21(23)25/h4-5,9-12,17-19,31H,3,6-8,13-16H2,1-2H3,(H,32,36,37). The predicted octanol–water partition coefficient (Wildman–Crippen LogP) is 4.63. The Hall–Kier alpha value is -3.84. The van der Waals surface area contributed by atoms with Crippen LogP contribution in [-0.2, 0) is 16.1 Å². The molecule has 4 aromatic rings. The Morgan fingerprint density at radius 2 is 1.62 bits per heavy atom. The number of nitrogens with zero attached hydrogens (tertiary/aromatic N) is 3. The molecule has 2 aromatic heterocycles. The molecule has 7 nitrogen and oxygen atoms in total. The number of H-pyrrole nitrogens is 1. The van der Waals surface area contributed by atoms with Crippen LogP contribution in [0.4, 0.5) is 5.69 Å². The number of carbonyl (C=O) groups excluding carboxylic acids is 2. The number of carbonyl (C=O) groups is 2. The molecule has 0 radical (unpaired) electrons. The summed E-state index contributed by atoms with van der Waals surface area (Å²) in [7, 11) is 4.03. The molecule has 2 N–H and O–H groups in total. The number of aromatic nitrogens is 2. The van der Waals surface area contributed by atoms with E-state index in [1.165, 1.54) is 32.4 Å². The molecule has 0 aliphatic carbocycles. The van der Waals surface area contributed by atoms with Gasteiger partial charge in [-0.2, -0.15) is 0 Å². The maximum Gasteiger partial charge on any atom is 0.259 e. The Labute approximate surface area is 216 Å². The lowest BCUT2D eigenvalue weighted by Gasteiger charge is -2.26. The number of anilines is 1. The van der Waals surface area contributed by atoms with Crippen molar-refractivity contribution in [1.29, 1.82) is 0 Å². The average Bonchev–Trinajstić information content (AvgIpc) is 3.57. The molecule has 2 amide bonds. The van der Waals surface area contributed by atoms with Crippen LogP contribution in [0.25, 0.3) is 33.0 Å². The number of benzene rings is 2. The van der Waals surface area contributed by atoms with E-state index in [1.54, 1.807) is 0 Å². The number of amides is 2. The molecule has 1 saturated heterocycles.